The third-order valence-electron chi connectivity index (χ3n) is 4.05. The number of carbonyl (C=O) groups is 2. The molecule has 7 heteroatoms. The van der Waals surface area contributed by atoms with E-state index < -0.39 is 17.8 Å². The summed E-state index contributed by atoms with van der Waals surface area (Å²) in [7, 11) is 0. The fraction of sp³-hybridized carbons (Fsp3) is 0.263. The highest BCUT2D eigenvalue weighted by atomic mass is 19.1. The van der Waals surface area contributed by atoms with Crippen molar-refractivity contribution in [1.82, 2.24) is 4.90 Å². The quantitative estimate of drug-likeness (QED) is 0.887. The lowest BCUT2D eigenvalue weighted by molar-refractivity contribution is -0.147. The average Bonchev–Trinajstić information content (AvgIpc) is 2.66. The van der Waals surface area contributed by atoms with E-state index in [9.17, 15) is 19.1 Å². The molecule has 0 spiro atoms. The Kier molecular flexibility index (Phi) is 5.48. The second-order valence-corrected chi connectivity index (χ2v) is 5.87. The summed E-state index contributed by atoms with van der Waals surface area (Å²) in [6, 6.07) is 11.6. The van der Waals surface area contributed by atoms with Gasteiger partial charge in [-0.05, 0) is 29.8 Å². The largest absolute Gasteiger partial charge is 0.489 e. The van der Waals surface area contributed by atoms with E-state index in [1.54, 1.807) is 36.4 Å². The molecule has 2 aromatic rings. The van der Waals surface area contributed by atoms with Crippen molar-refractivity contribution in [3.63, 3.8) is 0 Å². The van der Waals surface area contributed by atoms with Crippen LogP contribution in [0.15, 0.2) is 48.5 Å². The zero-order valence-corrected chi connectivity index (χ0v) is 13.9. The Hall–Kier alpha value is -2.93. The van der Waals surface area contributed by atoms with Gasteiger partial charge in [0, 0.05) is 18.2 Å². The molecule has 0 bridgehead atoms. The van der Waals surface area contributed by atoms with Crippen LogP contribution in [0.3, 0.4) is 0 Å². The number of carboxylic acids is 1. The molecule has 6 nitrogen and oxygen atoms in total. The highest BCUT2D eigenvalue weighted by Gasteiger charge is 2.33. The number of ether oxygens (including phenoxy) is 2. The summed E-state index contributed by atoms with van der Waals surface area (Å²) in [5.41, 5.74) is 1.10. The van der Waals surface area contributed by atoms with Crippen molar-refractivity contribution in [2.75, 3.05) is 19.8 Å². The number of morpholine rings is 1. The minimum atomic E-state index is -1.09. The minimum Gasteiger partial charge on any atom is -0.489 e. The molecular weight excluding hydrogens is 341 g/mol. The van der Waals surface area contributed by atoms with Gasteiger partial charge in [0.15, 0.2) is 6.04 Å². The lowest BCUT2D eigenvalue weighted by Gasteiger charge is -2.33. The molecule has 3 rings (SSSR count). The highest BCUT2D eigenvalue weighted by Crippen LogP contribution is 2.17. The molecular formula is C19H18FNO5. The van der Waals surface area contributed by atoms with E-state index in [1.165, 1.54) is 17.0 Å². The van der Waals surface area contributed by atoms with Crippen molar-refractivity contribution in [3.8, 4) is 5.75 Å². The van der Waals surface area contributed by atoms with Gasteiger partial charge >= 0.3 is 5.97 Å². The zero-order chi connectivity index (χ0) is 18.5. The van der Waals surface area contributed by atoms with Crippen molar-refractivity contribution in [2.24, 2.45) is 0 Å². The lowest BCUT2D eigenvalue weighted by Crippen LogP contribution is -2.52. The Labute approximate surface area is 149 Å². The molecule has 1 fully saturated rings. The van der Waals surface area contributed by atoms with E-state index in [0.717, 1.165) is 5.56 Å². The molecule has 26 heavy (non-hydrogen) atoms. The first kappa shape index (κ1) is 17.9. The highest BCUT2D eigenvalue weighted by molar-refractivity contribution is 5.96. The van der Waals surface area contributed by atoms with E-state index in [4.69, 9.17) is 9.47 Å². The van der Waals surface area contributed by atoms with Crippen LogP contribution in [0.5, 0.6) is 5.75 Å². The van der Waals surface area contributed by atoms with Gasteiger partial charge in [0.2, 0.25) is 0 Å². The molecule has 0 saturated carbocycles. The van der Waals surface area contributed by atoms with Crippen LogP contribution < -0.4 is 4.74 Å². The third kappa shape index (κ3) is 4.18. The summed E-state index contributed by atoms with van der Waals surface area (Å²) in [6.07, 6.45) is 0. The van der Waals surface area contributed by atoms with Gasteiger partial charge in [-0.25, -0.2) is 9.18 Å². The van der Waals surface area contributed by atoms with E-state index in [-0.39, 0.29) is 25.7 Å². The fourth-order valence-corrected chi connectivity index (χ4v) is 2.73. The smallest absolute Gasteiger partial charge is 0.328 e. The van der Waals surface area contributed by atoms with Crippen molar-refractivity contribution in [1.29, 1.82) is 0 Å². The molecule has 1 aliphatic rings. The Morgan fingerprint density at radius 2 is 2.04 bits per heavy atom. The summed E-state index contributed by atoms with van der Waals surface area (Å²) in [5, 5.41) is 9.27. The lowest BCUT2D eigenvalue weighted by atomic mass is 10.1. The third-order valence-corrected chi connectivity index (χ3v) is 4.05. The maximum atomic E-state index is 13.2. The van der Waals surface area contributed by atoms with Crippen molar-refractivity contribution in [3.05, 3.63) is 65.5 Å². The monoisotopic (exact) mass is 359 g/mol. The minimum absolute atomic E-state index is 0.0244. The van der Waals surface area contributed by atoms with Crippen molar-refractivity contribution in [2.45, 2.75) is 12.6 Å². The van der Waals surface area contributed by atoms with Crippen LogP contribution in [0, 0.1) is 5.82 Å². The first-order valence-electron chi connectivity index (χ1n) is 8.13. The van der Waals surface area contributed by atoms with Crippen LogP contribution >= 0.6 is 0 Å². The predicted molar refractivity (Wildman–Crippen MR) is 90.5 cm³/mol. The zero-order valence-electron chi connectivity index (χ0n) is 13.9. The Morgan fingerprint density at radius 3 is 2.81 bits per heavy atom. The number of halogens is 1. The number of rotatable bonds is 5. The molecule has 1 amide bonds. The van der Waals surface area contributed by atoms with Gasteiger partial charge in [0.1, 0.15) is 18.2 Å². The van der Waals surface area contributed by atoms with E-state index >= 15 is 0 Å². The van der Waals surface area contributed by atoms with E-state index in [1.807, 2.05) is 0 Å². The Bertz CT molecular complexity index is 810. The van der Waals surface area contributed by atoms with Crippen LogP contribution in [-0.2, 0) is 16.1 Å². The first-order chi connectivity index (χ1) is 12.5. The maximum Gasteiger partial charge on any atom is 0.328 e. The van der Waals surface area contributed by atoms with Gasteiger partial charge in [-0.15, -0.1) is 0 Å². The summed E-state index contributed by atoms with van der Waals surface area (Å²) in [5.74, 6) is -1.46. The number of carboxylic acid groups (broad SMARTS) is 1. The molecule has 0 aliphatic carbocycles. The number of amides is 1. The molecule has 0 unspecified atom stereocenters. The topological polar surface area (TPSA) is 76.1 Å². The number of hydrogen-bond donors (Lipinski definition) is 1. The van der Waals surface area contributed by atoms with Gasteiger partial charge in [0.25, 0.3) is 5.91 Å². The SMILES string of the molecule is O=C(O)[C@@H]1COCCN1C(=O)c1cccc(COc2cccc(F)c2)c1. The second-order valence-electron chi connectivity index (χ2n) is 5.87. The predicted octanol–water partition coefficient (Wildman–Crippen LogP) is 2.33. The maximum absolute atomic E-state index is 13.2. The Balaban J connectivity index is 1.71. The van der Waals surface area contributed by atoms with E-state index in [2.05, 4.69) is 0 Å². The summed E-state index contributed by atoms with van der Waals surface area (Å²) in [6.45, 7) is 0.664. The van der Waals surface area contributed by atoms with Crippen LogP contribution in [-0.4, -0.2) is 47.7 Å². The molecule has 2 aromatic carbocycles. The van der Waals surface area contributed by atoms with Gasteiger partial charge in [-0.1, -0.05) is 18.2 Å². The molecule has 0 aromatic heterocycles. The molecule has 1 N–H and O–H groups in total. The van der Waals surface area contributed by atoms with Crippen molar-refractivity contribution >= 4 is 11.9 Å². The first-order valence-corrected chi connectivity index (χ1v) is 8.13. The molecule has 1 heterocycles. The number of carbonyl (C=O) groups excluding carboxylic acids is 1. The van der Waals surface area contributed by atoms with Crippen LogP contribution in [0.4, 0.5) is 4.39 Å². The molecule has 1 saturated heterocycles. The second kappa shape index (κ2) is 7.97. The van der Waals surface area contributed by atoms with Gasteiger partial charge in [-0.3, -0.25) is 4.79 Å². The number of aliphatic carboxylic acids is 1. The van der Waals surface area contributed by atoms with Gasteiger partial charge in [-0.2, -0.15) is 0 Å². The standard InChI is InChI=1S/C19H18FNO5/c20-15-5-2-6-16(10-15)26-11-13-3-1-4-14(9-13)18(22)21-7-8-25-12-17(21)19(23)24/h1-6,9-10,17H,7-8,11-12H2,(H,23,24)/t17-/m0/s1. The number of benzene rings is 2. The molecule has 136 valence electrons. The number of nitrogens with zero attached hydrogens (tertiary/aromatic N) is 1. The van der Waals surface area contributed by atoms with E-state index in [0.29, 0.717) is 17.9 Å². The number of hydrogen-bond acceptors (Lipinski definition) is 4. The van der Waals surface area contributed by atoms with Crippen LogP contribution in [0.25, 0.3) is 0 Å². The summed E-state index contributed by atoms with van der Waals surface area (Å²) in [4.78, 5) is 25.3. The van der Waals surface area contributed by atoms with Gasteiger partial charge in [0.05, 0.1) is 13.2 Å². The Morgan fingerprint density at radius 1 is 1.23 bits per heavy atom. The molecule has 0 radical (unpaired) electrons. The summed E-state index contributed by atoms with van der Waals surface area (Å²) >= 11 is 0. The van der Waals surface area contributed by atoms with Gasteiger partial charge < -0.3 is 19.5 Å². The molecule has 1 atom stereocenters. The average molecular weight is 359 g/mol. The molecule has 1 aliphatic heterocycles. The fourth-order valence-electron chi connectivity index (χ4n) is 2.73. The summed E-state index contributed by atoms with van der Waals surface area (Å²) < 4.78 is 23.9. The van der Waals surface area contributed by atoms with Crippen LogP contribution in [0.2, 0.25) is 0 Å². The van der Waals surface area contributed by atoms with Crippen LogP contribution in [0.1, 0.15) is 15.9 Å². The van der Waals surface area contributed by atoms with Crippen molar-refractivity contribution < 1.29 is 28.6 Å². The normalized spacial score (nSPS) is 17.0.